The van der Waals surface area contributed by atoms with Crippen molar-refractivity contribution in [2.75, 3.05) is 13.1 Å². The molecule has 7 nitrogen and oxygen atoms in total. The number of carboxylic acids is 1. The molecule has 23 heavy (non-hydrogen) atoms. The average molecular weight is 320 g/mol. The molecule has 2 saturated heterocycles. The molecule has 0 spiro atoms. The largest absolute Gasteiger partial charge is 0.480 e. The van der Waals surface area contributed by atoms with Gasteiger partial charge in [0.05, 0.1) is 18.7 Å². The summed E-state index contributed by atoms with van der Waals surface area (Å²) in [6.07, 6.45) is 3.80. The lowest BCUT2D eigenvalue weighted by atomic mass is 9.98. The van der Waals surface area contributed by atoms with Gasteiger partial charge < -0.3 is 19.3 Å². The van der Waals surface area contributed by atoms with Gasteiger partial charge in [-0.3, -0.25) is 9.59 Å². The molecule has 2 atom stereocenters. The normalized spacial score (nSPS) is 25.0. The van der Waals surface area contributed by atoms with Crippen LogP contribution < -0.4 is 0 Å². The van der Waals surface area contributed by atoms with Crippen molar-refractivity contribution in [3.63, 3.8) is 0 Å². The van der Waals surface area contributed by atoms with Crippen LogP contribution in [0.15, 0.2) is 22.8 Å². The summed E-state index contributed by atoms with van der Waals surface area (Å²) < 4.78 is 5.24. The Balaban J connectivity index is 1.66. The first-order valence-electron chi connectivity index (χ1n) is 7.89. The summed E-state index contributed by atoms with van der Waals surface area (Å²) in [6.45, 7) is 1.12. The van der Waals surface area contributed by atoms with Crippen molar-refractivity contribution in [2.24, 2.45) is 5.92 Å². The topological polar surface area (TPSA) is 91.1 Å². The molecule has 7 heteroatoms. The van der Waals surface area contributed by atoms with Gasteiger partial charge in [-0.1, -0.05) is 0 Å². The highest BCUT2D eigenvalue weighted by Gasteiger charge is 2.40. The Morgan fingerprint density at radius 2 is 2.17 bits per heavy atom. The van der Waals surface area contributed by atoms with Gasteiger partial charge in [-0.05, 0) is 31.4 Å². The Bertz CT molecular complexity index is 598. The number of rotatable bonds is 4. The molecule has 1 N–H and O–H groups in total. The number of piperidine rings is 1. The molecule has 2 fully saturated rings. The molecule has 3 rings (SSSR count). The number of nitrogens with zero attached hydrogens (tertiary/aromatic N) is 2. The van der Waals surface area contributed by atoms with Crippen LogP contribution in [0.4, 0.5) is 0 Å². The lowest BCUT2D eigenvalue weighted by Crippen LogP contribution is -2.50. The van der Waals surface area contributed by atoms with Crippen molar-refractivity contribution in [2.45, 2.75) is 38.3 Å². The molecule has 2 amide bonds. The Labute approximate surface area is 133 Å². The van der Waals surface area contributed by atoms with E-state index < -0.39 is 17.9 Å². The lowest BCUT2D eigenvalue weighted by Gasteiger charge is -2.34. The molecule has 1 aromatic rings. The maximum absolute atomic E-state index is 12.7. The monoisotopic (exact) mass is 320 g/mol. The maximum atomic E-state index is 12.7. The van der Waals surface area contributed by atoms with Crippen molar-refractivity contribution < 1.29 is 23.9 Å². The fraction of sp³-hybridized carbons (Fsp3) is 0.562. The lowest BCUT2D eigenvalue weighted by molar-refractivity contribution is -0.153. The molecule has 0 aliphatic carbocycles. The fourth-order valence-corrected chi connectivity index (χ4v) is 3.37. The van der Waals surface area contributed by atoms with Gasteiger partial charge in [-0.15, -0.1) is 0 Å². The Morgan fingerprint density at radius 3 is 2.87 bits per heavy atom. The summed E-state index contributed by atoms with van der Waals surface area (Å²) in [6, 6.07) is 2.78. The molecule has 0 aromatic carbocycles. The molecular weight excluding hydrogens is 300 g/mol. The van der Waals surface area contributed by atoms with Crippen LogP contribution >= 0.6 is 0 Å². The third kappa shape index (κ3) is 3.23. The zero-order chi connectivity index (χ0) is 16.4. The number of carbonyl (C=O) groups is 3. The first kappa shape index (κ1) is 15.6. The molecule has 1 aromatic heterocycles. The Morgan fingerprint density at radius 1 is 1.35 bits per heavy atom. The van der Waals surface area contributed by atoms with E-state index in [0.29, 0.717) is 31.8 Å². The minimum Gasteiger partial charge on any atom is -0.480 e. The third-order valence-corrected chi connectivity index (χ3v) is 4.56. The highest BCUT2D eigenvalue weighted by atomic mass is 16.4. The van der Waals surface area contributed by atoms with Gasteiger partial charge in [0.1, 0.15) is 11.8 Å². The van der Waals surface area contributed by atoms with Crippen molar-refractivity contribution in [3.8, 4) is 0 Å². The van der Waals surface area contributed by atoms with Crippen LogP contribution in [0.5, 0.6) is 0 Å². The summed E-state index contributed by atoms with van der Waals surface area (Å²) in [5, 5.41) is 9.29. The smallest absolute Gasteiger partial charge is 0.326 e. The van der Waals surface area contributed by atoms with E-state index in [1.54, 1.807) is 23.3 Å². The second-order valence-electron chi connectivity index (χ2n) is 6.14. The quantitative estimate of drug-likeness (QED) is 0.897. The number of likely N-dealkylation sites (tertiary alicyclic amines) is 2. The molecule has 3 heterocycles. The molecule has 0 saturated carbocycles. The van der Waals surface area contributed by atoms with E-state index in [0.717, 1.165) is 12.8 Å². The van der Waals surface area contributed by atoms with E-state index in [-0.39, 0.29) is 18.2 Å². The second kappa shape index (κ2) is 6.44. The summed E-state index contributed by atoms with van der Waals surface area (Å²) in [4.78, 5) is 39.2. The van der Waals surface area contributed by atoms with Gasteiger partial charge in [0.15, 0.2) is 0 Å². The fourth-order valence-electron chi connectivity index (χ4n) is 3.37. The van der Waals surface area contributed by atoms with E-state index in [4.69, 9.17) is 4.42 Å². The van der Waals surface area contributed by atoms with Gasteiger partial charge in [-0.25, -0.2) is 4.79 Å². The van der Waals surface area contributed by atoms with Gasteiger partial charge in [-0.2, -0.15) is 0 Å². The average Bonchev–Trinajstić information content (AvgIpc) is 3.17. The molecule has 2 aliphatic heterocycles. The Hall–Kier alpha value is -2.31. The SMILES string of the molecule is O=C(O)[C@H]1CCCCN1C(=O)C1CC(=O)N(Cc2ccco2)C1. The van der Waals surface area contributed by atoms with Crippen LogP contribution in [0.25, 0.3) is 0 Å². The minimum atomic E-state index is -0.963. The predicted molar refractivity (Wildman–Crippen MR) is 79.2 cm³/mol. The molecule has 2 aliphatic rings. The number of aliphatic carboxylic acids is 1. The first-order chi connectivity index (χ1) is 11.1. The van der Waals surface area contributed by atoms with E-state index in [2.05, 4.69) is 0 Å². The highest BCUT2D eigenvalue weighted by Crippen LogP contribution is 2.26. The third-order valence-electron chi connectivity index (χ3n) is 4.56. The predicted octanol–water partition coefficient (Wildman–Crippen LogP) is 1.09. The van der Waals surface area contributed by atoms with Crippen molar-refractivity contribution in [1.29, 1.82) is 0 Å². The second-order valence-corrected chi connectivity index (χ2v) is 6.14. The van der Waals surface area contributed by atoms with Gasteiger partial charge in [0.2, 0.25) is 11.8 Å². The van der Waals surface area contributed by atoms with Crippen molar-refractivity contribution in [1.82, 2.24) is 9.80 Å². The van der Waals surface area contributed by atoms with Crippen molar-refractivity contribution >= 4 is 17.8 Å². The van der Waals surface area contributed by atoms with Crippen LogP contribution in [0.2, 0.25) is 0 Å². The molecule has 124 valence electrons. The van der Waals surface area contributed by atoms with Crippen LogP contribution in [0.1, 0.15) is 31.4 Å². The van der Waals surface area contributed by atoms with Crippen molar-refractivity contribution in [3.05, 3.63) is 24.2 Å². The first-order valence-corrected chi connectivity index (χ1v) is 7.89. The molecule has 1 unspecified atom stereocenters. The maximum Gasteiger partial charge on any atom is 0.326 e. The minimum absolute atomic E-state index is 0.0939. The summed E-state index contributed by atoms with van der Waals surface area (Å²) in [5.41, 5.74) is 0. The summed E-state index contributed by atoms with van der Waals surface area (Å²) in [5.74, 6) is -1.06. The van der Waals surface area contributed by atoms with Crippen LogP contribution in [-0.2, 0) is 20.9 Å². The number of carboxylic acid groups (broad SMARTS) is 1. The van der Waals surface area contributed by atoms with Crippen LogP contribution in [-0.4, -0.2) is 51.8 Å². The van der Waals surface area contributed by atoms with Gasteiger partial charge in [0, 0.05) is 19.5 Å². The van der Waals surface area contributed by atoms with Crippen LogP contribution in [0.3, 0.4) is 0 Å². The zero-order valence-electron chi connectivity index (χ0n) is 12.8. The van der Waals surface area contributed by atoms with E-state index in [9.17, 15) is 19.5 Å². The van der Waals surface area contributed by atoms with E-state index in [1.165, 1.54) is 4.90 Å². The zero-order valence-corrected chi connectivity index (χ0v) is 12.8. The van der Waals surface area contributed by atoms with E-state index in [1.807, 2.05) is 0 Å². The van der Waals surface area contributed by atoms with Gasteiger partial charge >= 0.3 is 5.97 Å². The number of amides is 2. The number of hydrogen-bond acceptors (Lipinski definition) is 4. The summed E-state index contributed by atoms with van der Waals surface area (Å²) >= 11 is 0. The van der Waals surface area contributed by atoms with Gasteiger partial charge in [0.25, 0.3) is 0 Å². The van der Waals surface area contributed by atoms with E-state index >= 15 is 0 Å². The highest BCUT2D eigenvalue weighted by molar-refractivity contribution is 5.91. The number of hydrogen-bond donors (Lipinski definition) is 1. The van der Waals surface area contributed by atoms with Crippen LogP contribution in [0, 0.1) is 5.92 Å². The molecule has 0 radical (unpaired) electrons. The number of carbonyl (C=O) groups excluding carboxylic acids is 2. The Kier molecular flexibility index (Phi) is 4.36. The summed E-state index contributed by atoms with van der Waals surface area (Å²) in [7, 11) is 0. The number of furan rings is 1. The standard InChI is InChI=1S/C16H20N2O5/c19-14-8-11(9-17(14)10-12-4-3-7-23-12)15(20)18-6-2-1-5-13(18)16(21)22/h3-4,7,11,13H,1-2,5-6,8-10H2,(H,21,22)/t11?,13-/m1/s1. The molecule has 0 bridgehead atoms. The molecular formula is C16H20N2O5.